The van der Waals surface area contributed by atoms with Crippen LogP contribution in [0.3, 0.4) is 0 Å². The molecule has 3 heterocycles. The second-order valence-corrected chi connectivity index (χ2v) is 13.5. The maximum Gasteiger partial charge on any atom is 0.416 e. The maximum absolute atomic E-state index is 14.4. The van der Waals surface area contributed by atoms with Gasteiger partial charge >= 0.3 is 6.18 Å². The molecule has 3 aromatic rings. The molecule has 3 aliphatic rings. The smallest absolute Gasteiger partial charge is 0.416 e. The van der Waals surface area contributed by atoms with E-state index in [0.717, 1.165) is 41.5 Å². The Morgan fingerprint density at radius 1 is 1.11 bits per heavy atom. The van der Waals surface area contributed by atoms with E-state index in [4.69, 9.17) is 32.7 Å². The maximum atomic E-state index is 14.4. The average molecular weight is 682 g/mol. The molecule has 1 aromatic heterocycles. The third-order valence-corrected chi connectivity index (χ3v) is 9.88. The first-order chi connectivity index (χ1) is 21.5. The monoisotopic (exact) mass is 680 g/mol. The van der Waals surface area contributed by atoms with Crippen molar-refractivity contribution in [2.24, 2.45) is 0 Å². The Bertz CT molecular complexity index is 1600. The van der Waals surface area contributed by atoms with Gasteiger partial charge in [0.05, 0.1) is 26.5 Å². The molecule has 2 aliphatic heterocycles. The highest BCUT2D eigenvalue weighted by atomic mass is 35.5. The Balaban J connectivity index is 1.22. The van der Waals surface area contributed by atoms with Crippen molar-refractivity contribution in [1.82, 2.24) is 20.5 Å². The summed E-state index contributed by atoms with van der Waals surface area (Å²) in [6.45, 7) is 5.24. The molecule has 1 saturated carbocycles. The van der Waals surface area contributed by atoms with Crippen LogP contribution >= 0.6 is 34.5 Å². The van der Waals surface area contributed by atoms with Gasteiger partial charge in [-0.15, -0.1) is 0 Å². The molecule has 2 atom stereocenters. The van der Waals surface area contributed by atoms with Gasteiger partial charge in [0.25, 0.3) is 11.1 Å². The van der Waals surface area contributed by atoms with Crippen molar-refractivity contribution in [3.8, 4) is 10.9 Å². The Labute approximate surface area is 273 Å². The van der Waals surface area contributed by atoms with Crippen molar-refractivity contribution < 1.29 is 27.4 Å². The molecule has 1 amide bonds. The number of piperazine rings is 1. The van der Waals surface area contributed by atoms with Gasteiger partial charge in [-0.1, -0.05) is 46.7 Å². The summed E-state index contributed by atoms with van der Waals surface area (Å²) in [7, 11) is 0. The molecule has 1 saturated heterocycles. The van der Waals surface area contributed by atoms with Crippen LogP contribution in [-0.2, 0) is 17.5 Å². The highest BCUT2D eigenvalue weighted by Gasteiger charge is 2.42. The number of rotatable bonds is 10. The van der Waals surface area contributed by atoms with Gasteiger partial charge in [-0.25, -0.2) is 4.98 Å². The largest absolute Gasteiger partial charge is 0.487 e. The van der Waals surface area contributed by atoms with Crippen molar-refractivity contribution in [1.29, 1.82) is 0 Å². The third kappa shape index (κ3) is 7.12. The fraction of sp³-hybridized carbons (Fsp3) is 0.438. The first-order valence-electron chi connectivity index (χ1n) is 14.8. The minimum Gasteiger partial charge on any atom is -0.487 e. The number of alkyl halides is 3. The molecule has 2 aromatic carbocycles. The molecule has 2 bridgehead atoms. The first kappa shape index (κ1) is 32.1. The first-order valence-corrected chi connectivity index (χ1v) is 16.4. The number of carbonyl (C=O) groups is 1. The molecule has 0 spiro atoms. The lowest BCUT2D eigenvalue weighted by atomic mass is 9.86. The summed E-state index contributed by atoms with van der Waals surface area (Å²) in [5, 5.41) is 8.28. The molecule has 7 nitrogen and oxygen atoms in total. The van der Waals surface area contributed by atoms with Gasteiger partial charge in [0.2, 0.25) is 0 Å². The molecule has 13 heteroatoms. The van der Waals surface area contributed by atoms with Crippen LogP contribution in [0.1, 0.15) is 46.4 Å². The SMILES string of the molecule is Cc1cc(Cl)c(OCCOc2ncc(C3=C(C(=O)N(Cc4cccc(C(F)(F)F)c4C)C4CC4)C4CNCC(C3)N4)s2)c(Cl)c1. The van der Waals surface area contributed by atoms with E-state index in [0.29, 0.717) is 45.1 Å². The zero-order valence-electron chi connectivity index (χ0n) is 24.8. The van der Waals surface area contributed by atoms with E-state index in [1.165, 1.54) is 24.3 Å². The van der Waals surface area contributed by atoms with Crippen LogP contribution in [0.4, 0.5) is 13.2 Å². The van der Waals surface area contributed by atoms with Crippen molar-refractivity contribution in [3.63, 3.8) is 0 Å². The minimum absolute atomic E-state index is 0.00893. The fourth-order valence-electron chi connectivity index (χ4n) is 6.01. The van der Waals surface area contributed by atoms with Gasteiger partial charge in [-0.2, -0.15) is 13.2 Å². The third-order valence-electron chi connectivity index (χ3n) is 8.35. The Kier molecular flexibility index (Phi) is 9.36. The van der Waals surface area contributed by atoms with Crippen LogP contribution in [0.15, 0.2) is 42.1 Å². The average Bonchev–Trinajstić information content (AvgIpc) is 3.71. The summed E-state index contributed by atoms with van der Waals surface area (Å²) >= 11 is 13.9. The molecule has 2 fully saturated rings. The molecular weight excluding hydrogens is 648 g/mol. The normalized spacial score (nSPS) is 19.9. The van der Waals surface area contributed by atoms with Crippen LogP contribution < -0.4 is 20.1 Å². The van der Waals surface area contributed by atoms with Gasteiger partial charge in [-0.05, 0) is 73.6 Å². The second kappa shape index (κ2) is 13.1. The lowest BCUT2D eigenvalue weighted by molar-refractivity contribution is -0.138. The van der Waals surface area contributed by atoms with Crippen molar-refractivity contribution in [2.45, 2.75) is 64.0 Å². The number of carbonyl (C=O) groups excluding carboxylic acids is 1. The number of nitrogens with zero attached hydrogens (tertiary/aromatic N) is 2. The van der Waals surface area contributed by atoms with E-state index in [9.17, 15) is 18.0 Å². The molecule has 240 valence electrons. The second-order valence-electron chi connectivity index (χ2n) is 11.7. The summed E-state index contributed by atoms with van der Waals surface area (Å²) in [6, 6.07) is 7.63. The number of halogens is 5. The summed E-state index contributed by atoms with van der Waals surface area (Å²) < 4.78 is 52.6. The quantitative estimate of drug-likeness (QED) is 0.229. The van der Waals surface area contributed by atoms with Gasteiger partial charge in [0, 0.05) is 43.5 Å². The van der Waals surface area contributed by atoms with Crippen LogP contribution in [0, 0.1) is 13.8 Å². The molecule has 6 rings (SSSR count). The number of thiazole rings is 1. The van der Waals surface area contributed by atoms with Gasteiger partial charge in [0.15, 0.2) is 5.75 Å². The number of amides is 1. The summed E-state index contributed by atoms with van der Waals surface area (Å²) in [4.78, 5) is 21.4. The summed E-state index contributed by atoms with van der Waals surface area (Å²) in [5.41, 5.74) is 2.45. The lowest BCUT2D eigenvalue weighted by Crippen LogP contribution is -2.59. The minimum atomic E-state index is -4.46. The van der Waals surface area contributed by atoms with Crippen molar-refractivity contribution in [3.05, 3.63) is 79.3 Å². The van der Waals surface area contributed by atoms with E-state index in [-0.39, 0.29) is 49.4 Å². The number of hydrogen-bond donors (Lipinski definition) is 2. The van der Waals surface area contributed by atoms with Crippen LogP contribution in [0.2, 0.25) is 10.0 Å². The number of benzene rings is 2. The number of aromatic nitrogens is 1. The topological polar surface area (TPSA) is 75.7 Å². The fourth-order valence-corrected chi connectivity index (χ4v) is 7.58. The van der Waals surface area contributed by atoms with Gasteiger partial charge < -0.3 is 25.0 Å². The predicted molar refractivity (Wildman–Crippen MR) is 169 cm³/mol. The number of hydrogen-bond acceptors (Lipinski definition) is 7. The van der Waals surface area contributed by atoms with E-state index in [2.05, 4.69) is 15.6 Å². The van der Waals surface area contributed by atoms with Crippen LogP contribution in [0.5, 0.6) is 10.9 Å². The van der Waals surface area contributed by atoms with E-state index in [1.807, 2.05) is 6.92 Å². The van der Waals surface area contributed by atoms with E-state index < -0.39 is 11.7 Å². The highest BCUT2D eigenvalue weighted by molar-refractivity contribution is 7.14. The Morgan fingerprint density at radius 2 is 1.84 bits per heavy atom. The van der Waals surface area contributed by atoms with Crippen LogP contribution in [-0.4, -0.2) is 60.2 Å². The molecule has 0 radical (unpaired) electrons. The van der Waals surface area contributed by atoms with Crippen LogP contribution in [0.25, 0.3) is 5.57 Å². The lowest BCUT2D eigenvalue weighted by Gasteiger charge is -2.40. The number of nitrogens with one attached hydrogen (secondary N) is 2. The molecule has 45 heavy (non-hydrogen) atoms. The zero-order chi connectivity index (χ0) is 31.9. The van der Waals surface area contributed by atoms with Crippen molar-refractivity contribution >= 4 is 46.0 Å². The Morgan fingerprint density at radius 3 is 2.56 bits per heavy atom. The number of aryl methyl sites for hydroxylation is 1. The standard InChI is InChI=1S/C32H33Cl2F3N4O3S/c1-17-10-24(33)29(25(34)11-17)43-8-9-44-31-39-15-27(45-31)22-12-20-13-38-14-26(40-20)28(22)30(42)41(21-6-7-21)16-19-4-3-5-23(18(19)2)32(35,36)37/h3-5,10-11,15,20-21,26,38,40H,6-9,12-14,16H2,1-2H3. The number of fused-ring (bicyclic) bond motifs is 2. The Hall–Kier alpha value is -2.83. The molecule has 2 unspecified atom stereocenters. The highest BCUT2D eigenvalue weighted by Crippen LogP contribution is 2.40. The summed E-state index contributed by atoms with van der Waals surface area (Å²) in [5.74, 6) is 0.246. The van der Waals surface area contributed by atoms with Gasteiger partial charge in [0.1, 0.15) is 13.2 Å². The van der Waals surface area contributed by atoms with Gasteiger partial charge in [-0.3, -0.25) is 4.79 Å². The number of ether oxygens (including phenoxy) is 2. The predicted octanol–water partition coefficient (Wildman–Crippen LogP) is 6.82. The zero-order valence-corrected chi connectivity index (χ0v) is 27.1. The summed E-state index contributed by atoms with van der Waals surface area (Å²) in [6.07, 6.45) is -0.472. The van der Waals surface area contributed by atoms with Crippen molar-refractivity contribution in [2.75, 3.05) is 26.3 Å². The van der Waals surface area contributed by atoms with E-state index >= 15 is 0 Å². The van der Waals surface area contributed by atoms with E-state index in [1.54, 1.807) is 29.3 Å². The molecule has 1 aliphatic carbocycles. The molecule has 2 N–H and O–H groups in total. The molecular formula is C32H33Cl2F3N4O3S.